The molecule has 0 radical (unpaired) electrons. The summed E-state index contributed by atoms with van der Waals surface area (Å²) < 4.78 is 1.87. The molecule has 0 unspecified atom stereocenters. The molecule has 0 bridgehead atoms. The Morgan fingerprint density at radius 3 is 3.08 bits per heavy atom. The van der Waals surface area contributed by atoms with Crippen LogP contribution in [0.4, 0.5) is 0 Å². The standard InChI is InChI=1S/C9H15N3/c1-12-7-5-9(11-12)8-4-2-3-6-10-8/h5,7-8,10H,2-4,6H2,1H3/t8-/m1/s1. The van der Waals surface area contributed by atoms with E-state index in [1.807, 2.05) is 17.9 Å². The zero-order valence-corrected chi connectivity index (χ0v) is 7.45. The fourth-order valence-corrected chi connectivity index (χ4v) is 1.72. The first-order valence-electron chi connectivity index (χ1n) is 4.59. The highest BCUT2D eigenvalue weighted by Crippen LogP contribution is 2.20. The summed E-state index contributed by atoms with van der Waals surface area (Å²) in [5.74, 6) is 0. The lowest BCUT2D eigenvalue weighted by molar-refractivity contribution is 0.402. The van der Waals surface area contributed by atoms with Crippen LogP contribution >= 0.6 is 0 Å². The molecule has 0 aliphatic carbocycles. The van der Waals surface area contributed by atoms with Crippen molar-refractivity contribution in [2.45, 2.75) is 25.3 Å². The first-order valence-corrected chi connectivity index (χ1v) is 4.59. The van der Waals surface area contributed by atoms with Gasteiger partial charge in [0.2, 0.25) is 0 Å². The minimum absolute atomic E-state index is 0.500. The molecule has 0 amide bonds. The average Bonchev–Trinajstić information content (AvgIpc) is 2.54. The summed E-state index contributed by atoms with van der Waals surface area (Å²) in [6, 6.07) is 2.60. The molecule has 1 aliphatic rings. The largest absolute Gasteiger partial charge is 0.309 e. The SMILES string of the molecule is Cn1ccc([C@H]2CCCCN2)n1. The van der Waals surface area contributed by atoms with Gasteiger partial charge in [-0.25, -0.2) is 0 Å². The van der Waals surface area contributed by atoms with E-state index in [0.717, 1.165) is 6.54 Å². The maximum absolute atomic E-state index is 4.39. The number of nitrogens with zero attached hydrogens (tertiary/aromatic N) is 2. The summed E-state index contributed by atoms with van der Waals surface area (Å²) >= 11 is 0. The molecule has 66 valence electrons. The van der Waals surface area contributed by atoms with Crippen LogP contribution in [0.2, 0.25) is 0 Å². The van der Waals surface area contributed by atoms with Gasteiger partial charge in [0, 0.05) is 13.2 Å². The maximum Gasteiger partial charge on any atom is 0.0793 e. The fraction of sp³-hybridized carbons (Fsp3) is 0.667. The normalized spacial score (nSPS) is 24.2. The van der Waals surface area contributed by atoms with E-state index in [4.69, 9.17) is 0 Å². The van der Waals surface area contributed by atoms with Crippen molar-refractivity contribution in [3.8, 4) is 0 Å². The van der Waals surface area contributed by atoms with Crippen LogP contribution in [0, 0.1) is 0 Å². The third-order valence-corrected chi connectivity index (χ3v) is 2.40. The second-order valence-corrected chi connectivity index (χ2v) is 3.42. The molecule has 1 aromatic heterocycles. The molecule has 2 heterocycles. The third-order valence-electron chi connectivity index (χ3n) is 2.40. The van der Waals surface area contributed by atoms with Gasteiger partial charge in [-0.3, -0.25) is 4.68 Å². The predicted molar refractivity (Wildman–Crippen MR) is 47.8 cm³/mol. The van der Waals surface area contributed by atoms with Gasteiger partial charge in [-0.15, -0.1) is 0 Å². The summed E-state index contributed by atoms with van der Waals surface area (Å²) in [6.07, 6.45) is 5.88. The van der Waals surface area contributed by atoms with E-state index in [0.29, 0.717) is 6.04 Å². The highest BCUT2D eigenvalue weighted by atomic mass is 15.3. The molecule has 1 fully saturated rings. The van der Waals surface area contributed by atoms with E-state index >= 15 is 0 Å². The van der Waals surface area contributed by atoms with Crippen LogP contribution in [-0.4, -0.2) is 16.3 Å². The Hall–Kier alpha value is -0.830. The number of rotatable bonds is 1. The zero-order valence-electron chi connectivity index (χ0n) is 7.45. The van der Waals surface area contributed by atoms with Crippen molar-refractivity contribution in [1.82, 2.24) is 15.1 Å². The van der Waals surface area contributed by atoms with Gasteiger partial charge in [0.1, 0.15) is 0 Å². The molecule has 1 aromatic rings. The molecule has 0 saturated carbocycles. The van der Waals surface area contributed by atoms with Crippen molar-refractivity contribution in [3.05, 3.63) is 18.0 Å². The highest BCUT2D eigenvalue weighted by molar-refractivity contribution is 5.05. The van der Waals surface area contributed by atoms with Gasteiger partial charge >= 0.3 is 0 Å². The Kier molecular flexibility index (Phi) is 2.13. The first kappa shape index (κ1) is 7.80. The molecular weight excluding hydrogens is 150 g/mol. The van der Waals surface area contributed by atoms with E-state index in [1.165, 1.54) is 25.0 Å². The number of piperidine rings is 1. The molecule has 1 N–H and O–H groups in total. The van der Waals surface area contributed by atoms with Crippen LogP contribution < -0.4 is 5.32 Å². The lowest BCUT2D eigenvalue weighted by Crippen LogP contribution is -2.27. The van der Waals surface area contributed by atoms with Crippen molar-refractivity contribution < 1.29 is 0 Å². The van der Waals surface area contributed by atoms with Crippen LogP contribution in [-0.2, 0) is 7.05 Å². The molecule has 12 heavy (non-hydrogen) atoms. The molecule has 0 aromatic carbocycles. The van der Waals surface area contributed by atoms with E-state index in [1.54, 1.807) is 0 Å². The van der Waals surface area contributed by atoms with E-state index in [-0.39, 0.29) is 0 Å². The Labute approximate surface area is 72.8 Å². The van der Waals surface area contributed by atoms with Crippen molar-refractivity contribution in [1.29, 1.82) is 0 Å². The Morgan fingerprint density at radius 1 is 1.58 bits per heavy atom. The van der Waals surface area contributed by atoms with Crippen molar-refractivity contribution in [2.24, 2.45) is 7.05 Å². The number of nitrogens with one attached hydrogen (secondary N) is 1. The summed E-state index contributed by atoms with van der Waals surface area (Å²) in [6.45, 7) is 1.14. The predicted octanol–water partition coefficient (Wildman–Crippen LogP) is 1.23. The smallest absolute Gasteiger partial charge is 0.0793 e. The molecular formula is C9H15N3. The monoisotopic (exact) mass is 165 g/mol. The number of aromatic nitrogens is 2. The molecule has 3 nitrogen and oxygen atoms in total. The summed E-state index contributed by atoms with van der Waals surface area (Å²) in [5, 5.41) is 7.86. The number of aryl methyl sites for hydroxylation is 1. The Balaban J connectivity index is 2.08. The Bertz CT molecular complexity index is 248. The quantitative estimate of drug-likeness (QED) is 0.678. The zero-order chi connectivity index (χ0) is 8.39. The van der Waals surface area contributed by atoms with Gasteiger partial charge in [0.25, 0.3) is 0 Å². The molecule has 0 spiro atoms. The lowest BCUT2D eigenvalue weighted by atomic mass is 10.0. The molecule has 1 saturated heterocycles. The van der Waals surface area contributed by atoms with E-state index in [2.05, 4.69) is 16.5 Å². The van der Waals surface area contributed by atoms with E-state index < -0.39 is 0 Å². The lowest BCUT2D eigenvalue weighted by Gasteiger charge is -2.21. The van der Waals surface area contributed by atoms with Crippen LogP contribution in [0.15, 0.2) is 12.3 Å². The number of hydrogen-bond donors (Lipinski definition) is 1. The average molecular weight is 165 g/mol. The molecule has 3 heteroatoms. The second-order valence-electron chi connectivity index (χ2n) is 3.42. The summed E-state index contributed by atoms with van der Waals surface area (Å²) in [4.78, 5) is 0. The second kappa shape index (κ2) is 3.27. The van der Waals surface area contributed by atoms with Gasteiger partial charge in [-0.05, 0) is 25.5 Å². The van der Waals surface area contributed by atoms with Crippen LogP contribution in [0.25, 0.3) is 0 Å². The minimum Gasteiger partial charge on any atom is -0.309 e. The van der Waals surface area contributed by atoms with Crippen LogP contribution in [0.3, 0.4) is 0 Å². The van der Waals surface area contributed by atoms with Gasteiger partial charge < -0.3 is 5.32 Å². The molecule has 1 atom stereocenters. The van der Waals surface area contributed by atoms with Gasteiger partial charge in [-0.2, -0.15) is 5.10 Å². The molecule has 2 rings (SSSR count). The van der Waals surface area contributed by atoms with Gasteiger partial charge in [-0.1, -0.05) is 6.42 Å². The Morgan fingerprint density at radius 2 is 2.50 bits per heavy atom. The summed E-state index contributed by atoms with van der Waals surface area (Å²) in [5.41, 5.74) is 1.19. The van der Waals surface area contributed by atoms with Gasteiger partial charge in [0.15, 0.2) is 0 Å². The van der Waals surface area contributed by atoms with Crippen molar-refractivity contribution in [3.63, 3.8) is 0 Å². The first-order chi connectivity index (χ1) is 5.86. The van der Waals surface area contributed by atoms with Crippen molar-refractivity contribution in [2.75, 3.05) is 6.54 Å². The van der Waals surface area contributed by atoms with Gasteiger partial charge in [0.05, 0.1) is 11.7 Å². The summed E-state index contributed by atoms with van der Waals surface area (Å²) in [7, 11) is 1.96. The van der Waals surface area contributed by atoms with Crippen molar-refractivity contribution >= 4 is 0 Å². The topological polar surface area (TPSA) is 29.9 Å². The number of hydrogen-bond acceptors (Lipinski definition) is 2. The highest BCUT2D eigenvalue weighted by Gasteiger charge is 2.16. The minimum atomic E-state index is 0.500. The third kappa shape index (κ3) is 1.50. The van der Waals surface area contributed by atoms with Crippen LogP contribution in [0.1, 0.15) is 31.0 Å². The van der Waals surface area contributed by atoms with Crippen LogP contribution in [0.5, 0.6) is 0 Å². The maximum atomic E-state index is 4.39. The fourth-order valence-electron chi connectivity index (χ4n) is 1.72. The van der Waals surface area contributed by atoms with E-state index in [9.17, 15) is 0 Å². The molecule has 1 aliphatic heterocycles.